The fraction of sp³-hybridized carbons (Fsp3) is 0.400. The zero-order valence-electron chi connectivity index (χ0n) is 20.3. The third-order valence-electron chi connectivity index (χ3n) is 7.17. The predicted molar refractivity (Wildman–Crippen MR) is 133 cm³/mol. The molecule has 0 bridgehead atoms. The molecule has 1 saturated heterocycles. The molecule has 1 heterocycles. The van der Waals surface area contributed by atoms with Crippen LogP contribution < -0.4 is 0 Å². The molecule has 3 nitrogen and oxygen atoms in total. The van der Waals surface area contributed by atoms with E-state index in [1.54, 1.807) is 0 Å². The molecule has 1 aliphatic heterocycles. The van der Waals surface area contributed by atoms with Gasteiger partial charge in [-0.1, -0.05) is 99.6 Å². The molecule has 1 N–H and O–H groups in total. The van der Waals surface area contributed by atoms with Crippen LogP contribution in [0.1, 0.15) is 48.6 Å². The summed E-state index contributed by atoms with van der Waals surface area (Å²) < 4.78 is 27.1. The second-order valence-electron chi connectivity index (χ2n) is 9.49. The average Bonchev–Trinajstić information content (AvgIpc) is 2.87. The molecular formula is C30H35FO3. The summed E-state index contributed by atoms with van der Waals surface area (Å²) in [4.78, 5) is 0. The number of ether oxygens (including phenoxy) is 2. The van der Waals surface area contributed by atoms with E-state index < -0.39 is 24.0 Å². The Hall–Kier alpha value is -2.53. The van der Waals surface area contributed by atoms with E-state index in [9.17, 15) is 5.11 Å². The van der Waals surface area contributed by atoms with Crippen LogP contribution in [-0.2, 0) is 34.7 Å². The van der Waals surface area contributed by atoms with Gasteiger partial charge in [0, 0.05) is 11.5 Å². The third kappa shape index (κ3) is 5.41. The van der Waals surface area contributed by atoms with Crippen molar-refractivity contribution in [1.29, 1.82) is 0 Å². The quantitative estimate of drug-likeness (QED) is 0.432. The fourth-order valence-corrected chi connectivity index (χ4v) is 4.73. The van der Waals surface area contributed by atoms with Crippen molar-refractivity contribution in [2.75, 3.05) is 6.61 Å². The Morgan fingerprint density at radius 1 is 0.882 bits per heavy atom. The van der Waals surface area contributed by atoms with Gasteiger partial charge < -0.3 is 14.6 Å². The minimum absolute atomic E-state index is 0.0822. The minimum Gasteiger partial charge on any atom is -0.374 e. The van der Waals surface area contributed by atoms with E-state index in [1.165, 1.54) is 11.1 Å². The van der Waals surface area contributed by atoms with Gasteiger partial charge in [-0.05, 0) is 41.0 Å². The van der Waals surface area contributed by atoms with Crippen molar-refractivity contribution in [3.8, 4) is 0 Å². The Kier molecular flexibility index (Phi) is 7.82. The number of rotatable bonds is 8. The first-order valence-corrected chi connectivity index (χ1v) is 12.2. The Morgan fingerprint density at radius 3 is 2.26 bits per heavy atom. The van der Waals surface area contributed by atoms with Gasteiger partial charge in [0.2, 0.25) is 0 Å². The SMILES string of the molecule is CCc1ccc(Cc2cccc(C3(O)OC(COCc4ccccc4)C(F)C(C)C3C)c2)cc1. The molecule has 5 atom stereocenters. The first-order valence-electron chi connectivity index (χ1n) is 12.2. The van der Waals surface area contributed by atoms with Crippen LogP contribution in [0, 0.1) is 11.8 Å². The van der Waals surface area contributed by atoms with E-state index in [1.807, 2.05) is 62.4 Å². The summed E-state index contributed by atoms with van der Waals surface area (Å²) in [7, 11) is 0. The smallest absolute Gasteiger partial charge is 0.195 e. The Balaban J connectivity index is 1.49. The highest BCUT2D eigenvalue weighted by Gasteiger charge is 2.51. The van der Waals surface area contributed by atoms with Crippen molar-refractivity contribution in [3.63, 3.8) is 0 Å². The van der Waals surface area contributed by atoms with Crippen molar-refractivity contribution in [2.24, 2.45) is 11.8 Å². The van der Waals surface area contributed by atoms with Crippen LogP contribution >= 0.6 is 0 Å². The molecule has 1 fully saturated rings. The van der Waals surface area contributed by atoms with Gasteiger partial charge in [0.25, 0.3) is 0 Å². The van der Waals surface area contributed by atoms with Crippen LogP contribution in [0.4, 0.5) is 4.39 Å². The topological polar surface area (TPSA) is 38.7 Å². The van der Waals surface area contributed by atoms with Gasteiger partial charge in [0.15, 0.2) is 5.79 Å². The number of aryl methyl sites for hydroxylation is 1. The molecule has 0 spiro atoms. The Morgan fingerprint density at radius 2 is 1.56 bits per heavy atom. The van der Waals surface area contributed by atoms with Gasteiger partial charge in [-0.2, -0.15) is 0 Å². The lowest BCUT2D eigenvalue weighted by atomic mass is 9.77. The van der Waals surface area contributed by atoms with Crippen LogP contribution in [0.2, 0.25) is 0 Å². The molecule has 0 amide bonds. The van der Waals surface area contributed by atoms with E-state index in [0.717, 1.165) is 24.0 Å². The van der Waals surface area contributed by atoms with Gasteiger partial charge in [0.05, 0.1) is 13.2 Å². The van der Waals surface area contributed by atoms with E-state index >= 15 is 4.39 Å². The van der Waals surface area contributed by atoms with Crippen molar-refractivity contribution in [2.45, 2.75) is 58.3 Å². The van der Waals surface area contributed by atoms with Crippen LogP contribution in [0.5, 0.6) is 0 Å². The number of benzene rings is 3. The number of aliphatic hydroxyl groups is 1. The maximum atomic E-state index is 15.2. The van der Waals surface area contributed by atoms with Crippen LogP contribution in [0.15, 0.2) is 78.9 Å². The summed E-state index contributed by atoms with van der Waals surface area (Å²) in [5, 5.41) is 11.7. The zero-order valence-corrected chi connectivity index (χ0v) is 20.3. The molecule has 3 aromatic rings. The van der Waals surface area contributed by atoms with Gasteiger partial charge in [-0.15, -0.1) is 0 Å². The van der Waals surface area contributed by atoms with Gasteiger partial charge in [0.1, 0.15) is 12.3 Å². The van der Waals surface area contributed by atoms with E-state index in [-0.39, 0.29) is 12.5 Å². The highest BCUT2D eigenvalue weighted by atomic mass is 19.1. The standard InChI is InChI=1S/C30H35FO3/c1-4-23-13-15-24(16-14-23)17-26-11-8-12-27(18-26)30(32)22(3)21(2)29(31)28(34-30)20-33-19-25-9-6-5-7-10-25/h5-16,18,21-22,28-29,32H,4,17,19-20H2,1-3H3. The first-order chi connectivity index (χ1) is 16.4. The van der Waals surface area contributed by atoms with Gasteiger partial charge >= 0.3 is 0 Å². The fourth-order valence-electron chi connectivity index (χ4n) is 4.73. The molecule has 180 valence electrons. The molecule has 0 aliphatic carbocycles. The monoisotopic (exact) mass is 462 g/mol. The van der Waals surface area contributed by atoms with Gasteiger partial charge in [-0.3, -0.25) is 0 Å². The minimum atomic E-state index is -1.58. The number of hydrogen-bond donors (Lipinski definition) is 1. The second-order valence-corrected chi connectivity index (χ2v) is 9.49. The highest BCUT2D eigenvalue weighted by Crippen LogP contribution is 2.44. The molecule has 0 saturated carbocycles. The first kappa shape index (κ1) is 24.6. The highest BCUT2D eigenvalue weighted by molar-refractivity contribution is 5.33. The van der Waals surface area contributed by atoms with Gasteiger partial charge in [-0.25, -0.2) is 4.39 Å². The van der Waals surface area contributed by atoms with Crippen molar-refractivity contribution in [3.05, 3.63) is 107 Å². The summed E-state index contributed by atoms with van der Waals surface area (Å²) in [6.45, 7) is 6.30. The lowest BCUT2D eigenvalue weighted by Gasteiger charge is -2.47. The molecule has 3 aromatic carbocycles. The predicted octanol–water partition coefficient (Wildman–Crippen LogP) is 6.21. The molecular weight excluding hydrogens is 427 g/mol. The van der Waals surface area contributed by atoms with Crippen LogP contribution in [0.3, 0.4) is 0 Å². The second kappa shape index (κ2) is 10.8. The van der Waals surface area contributed by atoms with Crippen LogP contribution in [-0.4, -0.2) is 24.0 Å². The normalized spacial score (nSPS) is 27.0. The van der Waals surface area contributed by atoms with Crippen LogP contribution in [0.25, 0.3) is 0 Å². The lowest BCUT2D eigenvalue weighted by molar-refractivity contribution is -0.324. The molecule has 5 unspecified atom stereocenters. The molecule has 0 aromatic heterocycles. The number of hydrogen-bond acceptors (Lipinski definition) is 3. The van der Waals surface area contributed by atoms with E-state index in [0.29, 0.717) is 12.2 Å². The summed E-state index contributed by atoms with van der Waals surface area (Å²) in [5.74, 6) is -2.37. The maximum absolute atomic E-state index is 15.2. The van der Waals surface area contributed by atoms with Crippen molar-refractivity contribution < 1.29 is 19.0 Å². The van der Waals surface area contributed by atoms with E-state index in [4.69, 9.17) is 9.47 Å². The summed E-state index contributed by atoms with van der Waals surface area (Å²) in [6.07, 6.45) is -0.286. The Bertz CT molecular complexity index is 1050. The van der Waals surface area contributed by atoms with E-state index in [2.05, 4.69) is 37.3 Å². The summed E-state index contributed by atoms with van der Waals surface area (Å²) >= 11 is 0. The summed E-state index contributed by atoms with van der Waals surface area (Å²) in [5.41, 5.74) is 5.28. The van der Waals surface area contributed by atoms with Crippen molar-refractivity contribution in [1.82, 2.24) is 0 Å². The maximum Gasteiger partial charge on any atom is 0.195 e. The average molecular weight is 463 g/mol. The van der Waals surface area contributed by atoms with Crippen molar-refractivity contribution >= 4 is 0 Å². The molecule has 4 rings (SSSR count). The summed E-state index contributed by atoms with van der Waals surface area (Å²) in [6, 6.07) is 26.2. The molecule has 1 aliphatic rings. The molecule has 4 heteroatoms. The molecule has 34 heavy (non-hydrogen) atoms. The third-order valence-corrected chi connectivity index (χ3v) is 7.17. The lowest BCUT2D eigenvalue weighted by Crippen LogP contribution is -2.55. The number of alkyl halides is 1. The zero-order chi connectivity index (χ0) is 24.1. The largest absolute Gasteiger partial charge is 0.374 e. The molecule has 0 radical (unpaired) electrons. The number of halogens is 1. The Labute approximate surface area is 202 Å².